The van der Waals surface area contributed by atoms with Crippen molar-refractivity contribution in [1.29, 1.82) is 0 Å². The molecule has 0 aromatic heterocycles. The molecule has 5 nitrogen and oxygen atoms in total. The van der Waals surface area contributed by atoms with Gasteiger partial charge in [-0.3, -0.25) is 0 Å². The van der Waals surface area contributed by atoms with Gasteiger partial charge in [0.05, 0.1) is 19.3 Å². The normalized spacial score (nSPS) is 20.4. The third-order valence-electron chi connectivity index (χ3n) is 4.28. The monoisotopic (exact) mass is 475 g/mol. The summed E-state index contributed by atoms with van der Waals surface area (Å²) in [4.78, 5) is 4.71. The minimum absolute atomic E-state index is 0. The van der Waals surface area contributed by atoms with E-state index in [0.29, 0.717) is 18.5 Å². The van der Waals surface area contributed by atoms with Gasteiger partial charge in [-0.25, -0.2) is 4.99 Å². The number of nitrogens with zero attached hydrogens (tertiary/aromatic N) is 1. The summed E-state index contributed by atoms with van der Waals surface area (Å²) in [5.74, 6) is 2.26. The molecule has 1 fully saturated rings. The minimum atomic E-state index is -0.133. The average Bonchev–Trinajstić information content (AvgIpc) is 2.60. The van der Waals surface area contributed by atoms with Crippen molar-refractivity contribution >= 4 is 29.9 Å². The lowest BCUT2D eigenvalue weighted by atomic mass is 9.93. The van der Waals surface area contributed by atoms with Crippen LogP contribution in [-0.2, 0) is 6.54 Å². The number of aliphatic imine (C=N–C) groups is 1. The number of benzene rings is 1. The number of halogens is 1. The van der Waals surface area contributed by atoms with E-state index in [1.807, 2.05) is 12.1 Å². The van der Waals surface area contributed by atoms with Gasteiger partial charge in [-0.1, -0.05) is 26.0 Å². The minimum Gasteiger partial charge on any atom is -0.493 e. The van der Waals surface area contributed by atoms with E-state index in [1.54, 1.807) is 0 Å². The van der Waals surface area contributed by atoms with Gasteiger partial charge in [-0.05, 0) is 56.2 Å². The van der Waals surface area contributed by atoms with Crippen molar-refractivity contribution in [3.63, 3.8) is 0 Å². The summed E-state index contributed by atoms with van der Waals surface area (Å²) < 4.78 is 5.79. The van der Waals surface area contributed by atoms with Crippen molar-refractivity contribution in [1.82, 2.24) is 10.6 Å². The van der Waals surface area contributed by atoms with Crippen LogP contribution in [0.1, 0.15) is 52.0 Å². The molecule has 26 heavy (non-hydrogen) atoms. The van der Waals surface area contributed by atoms with Crippen LogP contribution in [0.4, 0.5) is 0 Å². The van der Waals surface area contributed by atoms with Crippen LogP contribution in [0, 0.1) is 5.92 Å². The fourth-order valence-electron chi connectivity index (χ4n) is 2.90. The van der Waals surface area contributed by atoms with Crippen molar-refractivity contribution in [2.24, 2.45) is 10.9 Å². The summed E-state index contributed by atoms with van der Waals surface area (Å²) in [7, 11) is 0. The lowest BCUT2D eigenvalue weighted by Gasteiger charge is -2.27. The fraction of sp³-hybridized carbons (Fsp3) is 0.650. The quantitative estimate of drug-likeness (QED) is 0.320. The molecule has 3 N–H and O–H groups in total. The van der Waals surface area contributed by atoms with Gasteiger partial charge in [0.25, 0.3) is 0 Å². The number of hydrogen-bond donors (Lipinski definition) is 3. The predicted molar refractivity (Wildman–Crippen MR) is 118 cm³/mol. The Hall–Kier alpha value is -1.02. The molecule has 1 saturated carbocycles. The Morgan fingerprint density at radius 1 is 1.27 bits per heavy atom. The smallest absolute Gasteiger partial charge is 0.191 e. The molecule has 1 aromatic rings. The predicted octanol–water partition coefficient (Wildman–Crippen LogP) is 3.70. The third kappa shape index (κ3) is 8.58. The second-order valence-electron chi connectivity index (χ2n) is 7.20. The molecule has 1 aromatic carbocycles. The van der Waals surface area contributed by atoms with E-state index < -0.39 is 0 Å². The zero-order valence-electron chi connectivity index (χ0n) is 16.2. The van der Waals surface area contributed by atoms with Crippen LogP contribution in [0.3, 0.4) is 0 Å². The number of rotatable bonds is 7. The number of ether oxygens (including phenoxy) is 1. The largest absolute Gasteiger partial charge is 0.493 e. The summed E-state index contributed by atoms with van der Waals surface area (Å²) in [6, 6.07) is 8.54. The number of aliphatic hydroxyl groups is 1. The highest BCUT2D eigenvalue weighted by Crippen LogP contribution is 2.18. The molecule has 0 amide bonds. The molecule has 6 heteroatoms. The van der Waals surface area contributed by atoms with Crippen LogP contribution in [0.2, 0.25) is 0 Å². The van der Waals surface area contributed by atoms with Gasteiger partial charge in [0.2, 0.25) is 0 Å². The van der Waals surface area contributed by atoms with Gasteiger partial charge in [-0.15, -0.1) is 24.0 Å². The molecule has 0 spiro atoms. The Morgan fingerprint density at radius 3 is 2.65 bits per heavy atom. The maximum absolute atomic E-state index is 9.63. The summed E-state index contributed by atoms with van der Waals surface area (Å²) >= 11 is 0. The maximum Gasteiger partial charge on any atom is 0.191 e. The van der Waals surface area contributed by atoms with Crippen molar-refractivity contribution in [2.75, 3.05) is 13.2 Å². The van der Waals surface area contributed by atoms with Gasteiger partial charge < -0.3 is 20.5 Å². The molecule has 0 heterocycles. The van der Waals surface area contributed by atoms with Crippen LogP contribution >= 0.6 is 24.0 Å². The molecule has 148 valence electrons. The number of guanidine groups is 1. The zero-order valence-corrected chi connectivity index (χ0v) is 18.5. The van der Waals surface area contributed by atoms with Crippen LogP contribution < -0.4 is 15.4 Å². The topological polar surface area (TPSA) is 65.9 Å². The summed E-state index contributed by atoms with van der Waals surface area (Å²) in [5, 5.41) is 16.4. The lowest BCUT2D eigenvalue weighted by Crippen LogP contribution is -2.45. The van der Waals surface area contributed by atoms with E-state index in [9.17, 15) is 5.11 Å². The molecule has 0 radical (unpaired) electrons. The van der Waals surface area contributed by atoms with E-state index in [1.165, 1.54) is 0 Å². The van der Waals surface area contributed by atoms with Crippen LogP contribution in [0.15, 0.2) is 29.3 Å². The molecule has 0 atom stereocenters. The Labute approximate surface area is 175 Å². The van der Waals surface area contributed by atoms with E-state index in [0.717, 1.165) is 56.1 Å². The highest BCUT2D eigenvalue weighted by molar-refractivity contribution is 14.0. The SMILES string of the molecule is CCNC(=NCc1cccc(OCC(C)C)c1)NC1CCC(O)CC1.I. The molecule has 1 aliphatic rings. The molecular weight excluding hydrogens is 441 g/mol. The Morgan fingerprint density at radius 2 is 2.00 bits per heavy atom. The van der Waals surface area contributed by atoms with E-state index in [4.69, 9.17) is 9.73 Å². The van der Waals surface area contributed by atoms with Crippen LogP contribution in [0.5, 0.6) is 5.75 Å². The molecular formula is C20H34IN3O2. The maximum atomic E-state index is 9.63. The fourth-order valence-corrected chi connectivity index (χ4v) is 2.90. The highest BCUT2D eigenvalue weighted by Gasteiger charge is 2.19. The first-order valence-electron chi connectivity index (χ1n) is 9.51. The van der Waals surface area contributed by atoms with Crippen LogP contribution in [0.25, 0.3) is 0 Å². The van der Waals surface area contributed by atoms with E-state index in [2.05, 4.69) is 43.5 Å². The molecule has 0 unspecified atom stereocenters. The lowest BCUT2D eigenvalue weighted by molar-refractivity contribution is 0.120. The molecule has 2 rings (SSSR count). The highest BCUT2D eigenvalue weighted by atomic mass is 127. The molecule has 0 aliphatic heterocycles. The van der Waals surface area contributed by atoms with Gasteiger partial charge >= 0.3 is 0 Å². The number of aliphatic hydroxyl groups excluding tert-OH is 1. The summed E-state index contributed by atoms with van der Waals surface area (Å²) in [5.41, 5.74) is 1.14. The first-order valence-corrected chi connectivity index (χ1v) is 9.51. The molecule has 1 aliphatic carbocycles. The third-order valence-corrected chi connectivity index (χ3v) is 4.28. The number of nitrogens with one attached hydrogen (secondary N) is 2. The van der Waals surface area contributed by atoms with Gasteiger partial charge in [0, 0.05) is 12.6 Å². The Balaban J connectivity index is 0.00000338. The van der Waals surface area contributed by atoms with Gasteiger partial charge in [0.15, 0.2) is 5.96 Å². The molecule has 0 saturated heterocycles. The average molecular weight is 475 g/mol. The van der Waals surface area contributed by atoms with Gasteiger partial charge in [-0.2, -0.15) is 0 Å². The second kappa shape index (κ2) is 12.4. The Kier molecular flexibility index (Phi) is 11.0. The van der Waals surface area contributed by atoms with Crippen molar-refractivity contribution in [3.8, 4) is 5.75 Å². The van der Waals surface area contributed by atoms with Crippen molar-refractivity contribution in [2.45, 2.75) is 65.1 Å². The summed E-state index contributed by atoms with van der Waals surface area (Å²) in [6.45, 7) is 8.54. The van der Waals surface area contributed by atoms with Crippen LogP contribution in [-0.4, -0.2) is 36.4 Å². The zero-order chi connectivity index (χ0) is 18.1. The van der Waals surface area contributed by atoms with E-state index in [-0.39, 0.29) is 30.1 Å². The molecule has 0 bridgehead atoms. The van der Waals surface area contributed by atoms with Crippen molar-refractivity contribution < 1.29 is 9.84 Å². The van der Waals surface area contributed by atoms with E-state index >= 15 is 0 Å². The first-order chi connectivity index (χ1) is 12.1. The number of hydrogen-bond acceptors (Lipinski definition) is 3. The Bertz CT molecular complexity index is 544. The standard InChI is InChI=1S/C20H33N3O2.HI/c1-4-21-20(23-17-8-10-18(24)11-9-17)22-13-16-6-5-7-19(12-16)25-14-15(2)3;/h5-7,12,15,17-18,24H,4,8-11,13-14H2,1-3H3,(H2,21,22,23);1H. The van der Waals surface area contributed by atoms with Gasteiger partial charge in [0.1, 0.15) is 5.75 Å². The summed E-state index contributed by atoms with van der Waals surface area (Å²) in [6.07, 6.45) is 3.58. The van der Waals surface area contributed by atoms with Crippen molar-refractivity contribution in [3.05, 3.63) is 29.8 Å². The first kappa shape index (κ1) is 23.0. The second-order valence-corrected chi connectivity index (χ2v) is 7.20.